The minimum atomic E-state index is -0.929. The minimum absolute atomic E-state index is 0.0828. The van der Waals surface area contributed by atoms with Gasteiger partial charge < -0.3 is 10.4 Å². The van der Waals surface area contributed by atoms with Crippen molar-refractivity contribution in [2.45, 2.75) is 32.9 Å². The molecule has 0 aliphatic carbocycles. The van der Waals surface area contributed by atoms with Crippen LogP contribution in [0.4, 0.5) is 0 Å². The SMILES string of the molecule is CCc1ccc(CNC(=O)CN(C)C(C)C(=O)O)s1. The Kier molecular flexibility index (Phi) is 5.98. The van der Waals surface area contributed by atoms with Gasteiger partial charge in [0.05, 0.1) is 13.1 Å². The lowest BCUT2D eigenvalue weighted by Crippen LogP contribution is -2.42. The van der Waals surface area contributed by atoms with E-state index in [1.54, 1.807) is 25.3 Å². The number of nitrogens with one attached hydrogen (secondary N) is 1. The van der Waals surface area contributed by atoms with Crippen LogP contribution in [-0.4, -0.2) is 41.5 Å². The number of aliphatic carboxylic acids is 1. The molecule has 1 aromatic rings. The van der Waals surface area contributed by atoms with Crippen LogP contribution in [0.25, 0.3) is 0 Å². The van der Waals surface area contributed by atoms with Gasteiger partial charge in [0.15, 0.2) is 0 Å². The Morgan fingerprint density at radius 3 is 2.58 bits per heavy atom. The number of carboxylic acid groups (broad SMARTS) is 1. The fraction of sp³-hybridized carbons (Fsp3) is 0.538. The molecule has 0 bridgehead atoms. The van der Waals surface area contributed by atoms with Crippen molar-refractivity contribution in [2.75, 3.05) is 13.6 Å². The van der Waals surface area contributed by atoms with Crippen molar-refractivity contribution in [3.8, 4) is 0 Å². The van der Waals surface area contributed by atoms with Crippen LogP contribution in [0.2, 0.25) is 0 Å². The van der Waals surface area contributed by atoms with Crippen molar-refractivity contribution in [1.29, 1.82) is 0 Å². The average Bonchev–Trinajstić information content (AvgIpc) is 2.83. The smallest absolute Gasteiger partial charge is 0.320 e. The van der Waals surface area contributed by atoms with Crippen molar-refractivity contribution in [3.05, 3.63) is 21.9 Å². The first kappa shape index (κ1) is 15.7. The highest BCUT2D eigenvalue weighted by molar-refractivity contribution is 7.11. The van der Waals surface area contributed by atoms with E-state index in [1.807, 2.05) is 6.07 Å². The fourth-order valence-corrected chi connectivity index (χ4v) is 2.40. The summed E-state index contributed by atoms with van der Waals surface area (Å²) < 4.78 is 0. The van der Waals surface area contributed by atoms with Gasteiger partial charge in [0.1, 0.15) is 6.04 Å². The second-order valence-electron chi connectivity index (χ2n) is 4.43. The minimum Gasteiger partial charge on any atom is -0.480 e. The van der Waals surface area contributed by atoms with E-state index in [1.165, 1.54) is 9.78 Å². The van der Waals surface area contributed by atoms with Crippen molar-refractivity contribution >= 4 is 23.2 Å². The van der Waals surface area contributed by atoms with Gasteiger partial charge in [-0.2, -0.15) is 0 Å². The molecule has 0 aliphatic heterocycles. The molecule has 0 aliphatic rings. The number of thiophene rings is 1. The van der Waals surface area contributed by atoms with E-state index >= 15 is 0 Å². The molecule has 19 heavy (non-hydrogen) atoms. The molecule has 0 radical (unpaired) electrons. The Balaban J connectivity index is 2.37. The summed E-state index contributed by atoms with van der Waals surface area (Å²) in [6.07, 6.45) is 0.997. The fourth-order valence-electron chi connectivity index (χ4n) is 1.50. The number of carboxylic acids is 1. The van der Waals surface area contributed by atoms with Gasteiger partial charge in [0.2, 0.25) is 5.91 Å². The number of carbonyl (C=O) groups is 2. The normalized spacial score (nSPS) is 12.4. The molecule has 2 N–H and O–H groups in total. The summed E-state index contributed by atoms with van der Waals surface area (Å²) in [4.78, 5) is 26.4. The van der Waals surface area contributed by atoms with E-state index < -0.39 is 12.0 Å². The largest absolute Gasteiger partial charge is 0.480 e. The third-order valence-electron chi connectivity index (χ3n) is 2.94. The number of nitrogens with zero attached hydrogens (tertiary/aromatic N) is 1. The second-order valence-corrected chi connectivity index (χ2v) is 5.68. The third-order valence-corrected chi connectivity index (χ3v) is 4.17. The van der Waals surface area contributed by atoms with Gasteiger partial charge in [0.25, 0.3) is 0 Å². The first-order chi connectivity index (χ1) is 8.93. The Morgan fingerprint density at radius 1 is 1.42 bits per heavy atom. The average molecular weight is 284 g/mol. The molecule has 106 valence electrons. The highest BCUT2D eigenvalue weighted by Crippen LogP contribution is 2.16. The van der Waals surface area contributed by atoms with Gasteiger partial charge in [-0.25, -0.2) is 0 Å². The lowest BCUT2D eigenvalue weighted by atomic mass is 10.3. The van der Waals surface area contributed by atoms with Crippen LogP contribution in [0.15, 0.2) is 12.1 Å². The van der Waals surface area contributed by atoms with Gasteiger partial charge in [-0.1, -0.05) is 6.92 Å². The van der Waals surface area contributed by atoms with E-state index in [-0.39, 0.29) is 12.5 Å². The van der Waals surface area contributed by atoms with Crippen LogP contribution in [0, 0.1) is 0 Å². The summed E-state index contributed by atoms with van der Waals surface area (Å²) in [5, 5.41) is 11.6. The molecule has 0 saturated carbocycles. The molecular formula is C13H20N2O3S. The Morgan fingerprint density at radius 2 is 2.05 bits per heavy atom. The van der Waals surface area contributed by atoms with E-state index in [0.717, 1.165) is 11.3 Å². The Hall–Kier alpha value is -1.40. The number of carbonyl (C=O) groups excluding carboxylic acids is 1. The molecule has 0 spiro atoms. The number of hydrogen-bond donors (Lipinski definition) is 2. The summed E-state index contributed by atoms with van der Waals surface area (Å²) >= 11 is 1.68. The predicted molar refractivity (Wildman–Crippen MR) is 75.3 cm³/mol. The summed E-state index contributed by atoms with van der Waals surface area (Å²) in [7, 11) is 1.62. The van der Waals surface area contributed by atoms with Crippen LogP contribution in [0.1, 0.15) is 23.6 Å². The molecule has 0 saturated heterocycles. The summed E-state index contributed by atoms with van der Waals surface area (Å²) in [5.41, 5.74) is 0. The summed E-state index contributed by atoms with van der Waals surface area (Å²) in [6, 6.07) is 3.40. The Labute approximate surface area is 117 Å². The van der Waals surface area contributed by atoms with E-state index in [2.05, 4.69) is 18.3 Å². The van der Waals surface area contributed by atoms with Crippen LogP contribution >= 0.6 is 11.3 Å². The summed E-state index contributed by atoms with van der Waals surface area (Å²) in [6.45, 7) is 4.23. The molecule has 1 rings (SSSR count). The number of aryl methyl sites for hydroxylation is 1. The maximum atomic E-state index is 11.7. The van der Waals surface area contributed by atoms with Crippen LogP contribution in [0.5, 0.6) is 0 Å². The number of rotatable bonds is 7. The first-order valence-corrected chi connectivity index (χ1v) is 7.03. The maximum Gasteiger partial charge on any atom is 0.320 e. The van der Waals surface area contributed by atoms with Crippen molar-refractivity contribution in [1.82, 2.24) is 10.2 Å². The third kappa shape index (κ3) is 5.00. The van der Waals surface area contributed by atoms with Crippen LogP contribution in [-0.2, 0) is 22.6 Å². The van der Waals surface area contributed by atoms with Gasteiger partial charge in [-0.05, 0) is 32.5 Å². The van der Waals surface area contributed by atoms with Crippen LogP contribution in [0.3, 0.4) is 0 Å². The predicted octanol–water partition coefficient (Wildman–Crippen LogP) is 1.33. The lowest BCUT2D eigenvalue weighted by Gasteiger charge is -2.20. The van der Waals surface area contributed by atoms with Gasteiger partial charge in [-0.15, -0.1) is 11.3 Å². The second kappa shape index (κ2) is 7.25. The molecule has 6 heteroatoms. The Bertz CT molecular complexity index is 445. The van der Waals surface area contributed by atoms with E-state index in [0.29, 0.717) is 6.54 Å². The van der Waals surface area contributed by atoms with E-state index in [4.69, 9.17) is 5.11 Å². The molecule has 1 heterocycles. The molecule has 5 nitrogen and oxygen atoms in total. The monoisotopic (exact) mass is 284 g/mol. The van der Waals surface area contributed by atoms with E-state index in [9.17, 15) is 9.59 Å². The molecule has 1 aromatic heterocycles. The highest BCUT2D eigenvalue weighted by atomic mass is 32.1. The molecule has 1 amide bonds. The number of likely N-dealkylation sites (N-methyl/N-ethyl adjacent to an activating group) is 1. The standard InChI is InChI=1S/C13H20N2O3S/c1-4-10-5-6-11(19-10)7-14-12(16)8-15(3)9(2)13(17)18/h5-6,9H,4,7-8H2,1-3H3,(H,14,16)(H,17,18). The quantitative estimate of drug-likeness (QED) is 0.792. The van der Waals surface area contributed by atoms with Crippen molar-refractivity contribution in [2.24, 2.45) is 0 Å². The summed E-state index contributed by atoms with van der Waals surface area (Å²) in [5.74, 6) is -1.09. The molecule has 1 unspecified atom stereocenters. The molecule has 0 aromatic carbocycles. The zero-order valence-electron chi connectivity index (χ0n) is 11.5. The topological polar surface area (TPSA) is 69.6 Å². The van der Waals surface area contributed by atoms with Gasteiger partial charge in [-0.3, -0.25) is 14.5 Å². The lowest BCUT2D eigenvalue weighted by molar-refractivity contribution is -0.142. The van der Waals surface area contributed by atoms with Crippen LogP contribution < -0.4 is 5.32 Å². The molecule has 1 atom stereocenters. The maximum absolute atomic E-state index is 11.7. The first-order valence-electron chi connectivity index (χ1n) is 6.21. The number of hydrogen-bond acceptors (Lipinski definition) is 4. The molecule has 0 fully saturated rings. The highest BCUT2D eigenvalue weighted by Gasteiger charge is 2.18. The van der Waals surface area contributed by atoms with Crippen molar-refractivity contribution in [3.63, 3.8) is 0 Å². The van der Waals surface area contributed by atoms with Gasteiger partial charge >= 0.3 is 5.97 Å². The zero-order chi connectivity index (χ0) is 14.4. The number of amides is 1. The zero-order valence-corrected chi connectivity index (χ0v) is 12.3. The van der Waals surface area contributed by atoms with Gasteiger partial charge in [0, 0.05) is 9.75 Å². The molecular weight excluding hydrogens is 264 g/mol. The van der Waals surface area contributed by atoms with Crippen molar-refractivity contribution < 1.29 is 14.7 Å².